The third-order valence-corrected chi connectivity index (χ3v) is 4.86. The van der Waals surface area contributed by atoms with Crippen molar-refractivity contribution in [2.24, 2.45) is 5.10 Å². The van der Waals surface area contributed by atoms with Crippen LogP contribution in [-0.4, -0.2) is 42.1 Å². The second-order valence-electron chi connectivity index (χ2n) is 5.44. The molecule has 0 aliphatic rings. The SMILES string of the molecule is CCOc1ccc(/C=N/NS(=O)(=O)c2ccc(OC)c(OC)c2)c(OCC)c1. The van der Waals surface area contributed by atoms with Crippen LogP contribution >= 0.6 is 0 Å². The van der Waals surface area contributed by atoms with Crippen molar-refractivity contribution in [2.45, 2.75) is 18.7 Å². The van der Waals surface area contributed by atoms with Gasteiger partial charge in [-0.2, -0.15) is 13.5 Å². The topological polar surface area (TPSA) is 95.5 Å². The number of methoxy groups -OCH3 is 2. The lowest BCUT2D eigenvalue weighted by molar-refractivity contribution is 0.323. The second-order valence-corrected chi connectivity index (χ2v) is 7.10. The van der Waals surface area contributed by atoms with E-state index < -0.39 is 10.0 Å². The fraction of sp³-hybridized carbons (Fsp3) is 0.316. The van der Waals surface area contributed by atoms with E-state index in [1.165, 1.54) is 38.6 Å². The van der Waals surface area contributed by atoms with Crippen LogP contribution in [0.5, 0.6) is 23.0 Å². The Balaban J connectivity index is 2.21. The van der Waals surface area contributed by atoms with Crippen LogP contribution in [0.4, 0.5) is 0 Å². The number of sulfonamides is 1. The molecule has 0 aliphatic carbocycles. The molecular weight excluding hydrogens is 384 g/mol. The molecule has 2 rings (SSSR count). The van der Waals surface area contributed by atoms with E-state index >= 15 is 0 Å². The first-order valence-electron chi connectivity index (χ1n) is 8.61. The molecule has 0 saturated heterocycles. The lowest BCUT2D eigenvalue weighted by Gasteiger charge is -2.11. The van der Waals surface area contributed by atoms with Crippen molar-refractivity contribution in [1.29, 1.82) is 0 Å². The minimum absolute atomic E-state index is 0.000902. The van der Waals surface area contributed by atoms with E-state index in [0.717, 1.165) is 0 Å². The molecule has 8 nitrogen and oxygen atoms in total. The van der Waals surface area contributed by atoms with Crippen molar-refractivity contribution < 1.29 is 27.4 Å². The predicted octanol–water partition coefficient (Wildman–Crippen LogP) is 2.81. The van der Waals surface area contributed by atoms with E-state index in [1.54, 1.807) is 18.2 Å². The Bertz CT molecular complexity index is 928. The third-order valence-electron chi connectivity index (χ3n) is 3.64. The Kier molecular flexibility index (Phi) is 7.51. The number of hydrogen-bond donors (Lipinski definition) is 1. The molecule has 0 atom stereocenters. The highest BCUT2D eigenvalue weighted by Gasteiger charge is 2.16. The van der Waals surface area contributed by atoms with Crippen LogP contribution in [0.2, 0.25) is 0 Å². The molecular formula is C19H24N2O6S. The first-order valence-corrected chi connectivity index (χ1v) is 10.1. The molecule has 0 amide bonds. The first-order chi connectivity index (χ1) is 13.4. The largest absolute Gasteiger partial charge is 0.494 e. The molecule has 28 heavy (non-hydrogen) atoms. The van der Waals surface area contributed by atoms with Crippen LogP contribution in [0.25, 0.3) is 0 Å². The minimum atomic E-state index is -3.88. The minimum Gasteiger partial charge on any atom is -0.494 e. The number of nitrogens with one attached hydrogen (secondary N) is 1. The maximum Gasteiger partial charge on any atom is 0.276 e. The summed E-state index contributed by atoms with van der Waals surface area (Å²) in [7, 11) is -0.974. The summed E-state index contributed by atoms with van der Waals surface area (Å²) < 4.78 is 46.2. The summed E-state index contributed by atoms with van der Waals surface area (Å²) in [6, 6.07) is 9.51. The summed E-state index contributed by atoms with van der Waals surface area (Å²) in [5.74, 6) is 1.94. The van der Waals surface area contributed by atoms with Gasteiger partial charge in [-0.25, -0.2) is 4.83 Å². The fourth-order valence-corrected chi connectivity index (χ4v) is 3.17. The molecule has 0 radical (unpaired) electrons. The van der Waals surface area contributed by atoms with Gasteiger partial charge in [-0.1, -0.05) is 0 Å². The van der Waals surface area contributed by atoms with Crippen LogP contribution in [0.15, 0.2) is 46.4 Å². The molecule has 2 aromatic carbocycles. The van der Waals surface area contributed by atoms with E-state index in [1.807, 2.05) is 13.8 Å². The number of hydrogen-bond acceptors (Lipinski definition) is 7. The zero-order valence-electron chi connectivity index (χ0n) is 16.3. The van der Waals surface area contributed by atoms with E-state index in [9.17, 15) is 8.42 Å². The zero-order chi connectivity index (χ0) is 20.6. The molecule has 1 N–H and O–H groups in total. The van der Waals surface area contributed by atoms with Gasteiger partial charge < -0.3 is 18.9 Å². The van der Waals surface area contributed by atoms with Crippen molar-refractivity contribution in [3.8, 4) is 23.0 Å². The van der Waals surface area contributed by atoms with Crippen molar-refractivity contribution in [2.75, 3.05) is 27.4 Å². The van der Waals surface area contributed by atoms with Gasteiger partial charge in [-0.15, -0.1) is 0 Å². The van der Waals surface area contributed by atoms with E-state index in [2.05, 4.69) is 9.93 Å². The van der Waals surface area contributed by atoms with Crippen molar-refractivity contribution in [1.82, 2.24) is 4.83 Å². The average molecular weight is 408 g/mol. The van der Waals surface area contributed by atoms with Gasteiger partial charge in [0, 0.05) is 17.7 Å². The van der Waals surface area contributed by atoms with E-state index in [4.69, 9.17) is 18.9 Å². The first kappa shape index (κ1) is 21.4. The molecule has 0 aromatic heterocycles. The van der Waals surface area contributed by atoms with Gasteiger partial charge in [0.15, 0.2) is 11.5 Å². The van der Waals surface area contributed by atoms with Gasteiger partial charge in [0.05, 0.1) is 38.5 Å². The lowest BCUT2D eigenvalue weighted by atomic mass is 10.2. The Labute approximate surface area is 165 Å². The monoisotopic (exact) mass is 408 g/mol. The number of nitrogens with zero attached hydrogens (tertiary/aromatic N) is 1. The van der Waals surface area contributed by atoms with Gasteiger partial charge in [0.2, 0.25) is 0 Å². The molecule has 0 fully saturated rings. The molecule has 9 heteroatoms. The van der Waals surface area contributed by atoms with Crippen LogP contribution in [0.3, 0.4) is 0 Å². The van der Waals surface area contributed by atoms with E-state index in [-0.39, 0.29) is 4.90 Å². The van der Waals surface area contributed by atoms with Crippen molar-refractivity contribution in [3.05, 3.63) is 42.0 Å². The summed E-state index contributed by atoms with van der Waals surface area (Å²) in [5.41, 5.74) is 0.611. The van der Waals surface area contributed by atoms with Crippen LogP contribution in [0.1, 0.15) is 19.4 Å². The van der Waals surface area contributed by atoms with Gasteiger partial charge in [0.25, 0.3) is 10.0 Å². The number of rotatable bonds is 10. The zero-order valence-corrected chi connectivity index (χ0v) is 17.1. The van der Waals surface area contributed by atoms with Gasteiger partial charge in [0.1, 0.15) is 11.5 Å². The third kappa shape index (κ3) is 5.29. The highest BCUT2D eigenvalue weighted by molar-refractivity contribution is 7.89. The number of hydrazone groups is 1. The van der Waals surface area contributed by atoms with Crippen molar-refractivity contribution >= 4 is 16.2 Å². The maximum atomic E-state index is 12.5. The normalized spacial score (nSPS) is 11.3. The standard InChI is InChI=1S/C19H24N2O6S/c1-5-26-15-8-7-14(18(11-15)27-6-2)13-20-21-28(22,23)16-9-10-17(24-3)19(12-16)25-4/h7-13,21H,5-6H2,1-4H3/b20-13+. The van der Waals surface area contributed by atoms with Gasteiger partial charge in [-0.05, 0) is 38.1 Å². The second kappa shape index (κ2) is 9.84. The Hall–Kier alpha value is -2.94. The Morgan fingerprint density at radius 2 is 1.64 bits per heavy atom. The molecule has 0 bridgehead atoms. The maximum absolute atomic E-state index is 12.5. The summed E-state index contributed by atoms with van der Waals surface area (Å²) in [6.07, 6.45) is 1.37. The van der Waals surface area contributed by atoms with Crippen LogP contribution < -0.4 is 23.8 Å². The summed E-state index contributed by atoms with van der Waals surface area (Å²) >= 11 is 0. The Morgan fingerprint density at radius 1 is 0.929 bits per heavy atom. The van der Waals surface area contributed by atoms with Crippen LogP contribution in [-0.2, 0) is 10.0 Å². The molecule has 0 unspecified atom stereocenters. The smallest absolute Gasteiger partial charge is 0.276 e. The molecule has 0 spiro atoms. The molecule has 0 saturated carbocycles. The molecule has 0 heterocycles. The van der Waals surface area contributed by atoms with Crippen molar-refractivity contribution in [3.63, 3.8) is 0 Å². The molecule has 2 aromatic rings. The summed E-state index contributed by atoms with van der Waals surface area (Å²) in [6.45, 7) is 4.73. The Morgan fingerprint density at radius 3 is 2.29 bits per heavy atom. The highest BCUT2D eigenvalue weighted by Crippen LogP contribution is 2.29. The highest BCUT2D eigenvalue weighted by atomic mass is 32.2. The quantitative estimate of drug-likeness (QED) is 0.480. The lowest BCUT2D eigenvalue weighted by Crippen LogP contribution is -2.18. The van der Waals surface area contributed by atoms with Gasteiger partial charge >= 0.3 is 0 Å². The predicted molar refractivity (Wildman–Crippen MR) is 106 cm³/mol. The molecule has 0 aliphatic heterocycles. The van der Waals surface area contributed by atoms with Gasteiger partial charge in [-0.3, -0.25) is 0 Å². The summed E-state index contributed by atoms with van der Waals surface area (Å²) in [5, 5.41) is 3.85. The number of benzene rings is 2. The summed E-state index contributed by atoms with van der Waals surface area (Å²) in [4.78, 5) is 2.18. The molecule has 152 valence electrons. The van der Waals surface area contributed by atoms with Crippen LogP contribution in [0, 0.1) is 0 Å². The van der Waals surface area contributed by atoms with E-state index in [0.29, 0.717) is 41.8 Å². The fourth-order valence-electron chi connectivity index (χ4n) is 2.36. The number of ether oxygens (including phenoxy) is 4. The average Bonchev–Trinajstić information content (AvgIpc) is 2.69.